The topological polar surface area (TPSA) is 64.3 Å². The Bertz CT molecular complexity index is 419. The van der Waals surface area contributed by atoms with Crippen LogP contribution in [0.4, 0.5) is 0 Å². The van der Waals surface area contributed by atoms with Gasteiger partial charge in [-0.25, -0.2) is 0 Å². The molecule has 0 heterocycles. The van der Waals surface area contributed by atoms with Crippen LogP contribution in [0.5, 0.6) is 5.75 Å². The second-order valence-electron chi connectivity index (χ2n) is 5.26. The van der Waals surface area contributed by atoms with Crippen molar-refractivity contribution >= 4 is 5.91 Å². The SMILES string of the molecule is CCOc1ccccc1C(CC(C)C)NC(=O)CCN. The van der Waals surface area contributed by atoms with Crippen LogP contribution in [0.1, 0.15) is 45.2 Å². The Balaban J connectivity index is 2.94. The summed E-state index contributed by atoms with van der Waals surface area (Å²) in [5.41, 5.74) is 6.47. The van der Waals surface area contributed by atoms with Crippen molar-refractivity contribution < 1.29 is 9.53 Å². The highest BCUT2D eigenvalue weighted by atomic mass is 16.5. The van der Waals surface area contributed by atoms with E-state index in [4.69, 9.17) is 10.5 Å². The molecular weight excluding hydrogens is 252 g/mol. The molecule has 0 radical (unpaired) electrons. The van der Waals surface area contributed by atoms with Crippen LogP contribution in [-0.4, -0.2) is 19.1 Å². The van der Waals surface area contributed by atoms with Gasteiger partial charge in [-0.2, -0.15) is 0 Å². The number of carbonyl (C=O) groups is 1. The first-order valence-electron chi connectivity index (χ1n) is 7.29. The Morgan fingerprint density at radius 1 is 1.35 bits per heavy atom. The smallest absolute Gasteiger partial charge is 0.221 e. The molecule has 1 aromatic carbocycles. The van der Waals surface area contributed by atoms with Crippen LogP contribution in [0, 0.1) is 5.92 Å². The number of hydrogen-bond donors (Lipinski definition) is 2. The Morgan fingerprint density at radius 3 is 2.65 bits per heavy atom. The lowest BCUT2D eigenvalue weighted by atomic mass is 9.96. The molecule has 0 aliphatic rings. The first kappa shape index (κ1) is 16.5. The molecule has 0 saturated carbocycles. The summed E-state index contributed by atoms with van der Waals surface area (Å²) >= 11 is 0. The van der Waals surface area contributed by atoms with E-state index in [1.807, 2.05) is 31.2 Å². The average molecular weight is 278 g/mol. The molecule has 0 bridgehead atoms. The molecule has 4 heteroatoms. The molecule has 0 aromatic heterocycles. The van der Waals surface area contributed by atoms with Gasteiger partial charge in [0.2, 0.25) is 5.91 Å². The van der Waals surface area contributed by atoms with Crippen LogP contribution < -0.4 is 15.8 Å². The molecule has 4 nitrogen and oxygen atoms in total. The molecule has 0 fully saturated rings. The maximum absolute atomic E-state index is 11.8. The minimum Gasteiger partial charge on any atom is -0.494 e. The predicted octanol–water partition coefficient (Wildman–Crippen LogP) is 2.64. The summed E-state index contributed by atoms with van der Waals surface area (Å²) < 4.78 is 5.67. The Hall–Kier alpha value is -1.55. The second-order valence-corrected chi connectivity index (χ2v) is 5.26. The highest BCUT2D eigenvalue weighted by molar-refractivity contribution is 5.76. The third-order valence-electron chi connectivity index (χ3n) is 3.01. The van der Waals surface area contributed by atoms with Crippen molar-refractivity contribution in [3.63, 3.8) is 0 Å². The third kappa shape index (κ3) is 5.21. The van der Waals surface area contributed by atoms with Gasteiger partial charge >= 0.3 is 0 Å². The average Bonchev–Trinajstić information content (AvgIpc) is 2.39. The van der Waals surface area contributed by atoms with Gasteiger partial charge in [0.1, 0.15) is 5.75 Å². The summed E-state index contributed by atoms with van der Waals surface area (Å²) in [6, 6.07) is 7.85. The number of carbonyl (C=O) groups excluding carboxylic acids is 1. The monoisotopic (exact) mass is 278 g/mol. The first-order chi connectivity index (χ1) is 9.58. The van der Waals surface area contributed by atoms with Crippen molar-refractivity contribution in [2.75, 3.05) is 13.2 Å². The standard InChI is InChI=1S/C16H26N2O2/c1-4-20-15-8-6-5-7-13(15)14(11-12(2)3)18-16(19)9-10-17/h5-8,12,14H,4,9-11,17H2,1-3H3,(H,18,19). The molecule has 0 saturated heterocycles. The molecule has 1 atom stereocenters. The summed E-state index contributed by atoms with van der Waals surface area (Å²) in [5, 5.41) is 3.07. The van der Waals surface area contributed by atoms with Gasteiger partial charge < -0.3 is 15.8 Å². The Morgan fingerprint density at radius 2 is 2.05 bits per heavy atom. The van der Waals surface area contributed by atoms with Crippen molar-refractivity contribution in [2.24, 2.45) is 11.7 Å². The van der Waals surface area contributed by atoms with Crippen LogP contribution in [0.3, 0.4) is 0 Å². The zero-order valence-corrected chi connectivity index (χ0v) is 12.7. The minimum absolute atomic E-state index is 0.00977. The van der Waals surface area contributed by atoms with E-state index in [0.717, 1.165) is 17.7 Å². The molecule has 0 aliphatic heterocycles. The minimum atomic E-state index is -0.0307. The zero-order chi connectivity index (χ0) is 15.0. The molecule has 1 unspecified atom stereocenters. The summed E-state index contributed by atoms with van der Waals surface area (Å²) in [6.45, 7) is 7.23. The van der Waals surface area contributed by atoms with Gasteiger partial charge in [-0.1, -0.05) is 32.0 Å². The highest BCUT2D eigenvalue weighted by Crippen LogP contribution is 2.29. The van der Waals surface area contributed by atoms with Crippen LogP contribution in [0.2, 0.25) is 0 Å². The van der Waals surface area contributed by atoms with Gasteiger partial charge in [0.15, 0.2) is 0 Å². The summed E-state index contributed by atoms with van der Waals surface area (Å²) in [6.07, 6.45) is 1.23. The van der Waals surface area contributed by atoms with Crippen LogP contribution in [-0.2, 0) is 4.79 Å². The number of nitrogens with one attached hydrogen (secondary N) is 1. The van der Waals surface area contributed by atoms with Gasteiger partial charge in [0.25, 0.3) is 0 Å². The van der Waals surface area contributed by atoms with E-state index >= 15 is 0 Å². The van der Waals surface area contributed by atoms with Crippen molar-refractivity contribution in [3.05, 3.63) is 29.8 Å². The molecule has 20 heavy (non-hydrogen) atoms. The summed E-state index contributed by atoms with van der Waals surface area (Å²) in [7, 11) is 0. The van der Waals surface area contributed by atoms with E-state index in [1.54, 1.807) is 0 Å². The number of ether oxygens (including phenoxy) is 1. The number of benzene rings is 1. The lowest BCUT2D eigenvalue weighted by molar-refractivity contribution is -0.121. The second kappa shape index (κ2) is 8.59. The summed E-state index contributed by atoms with van der Waals surface area (Å²) in [4.78, 5) is 11.8. The lowest BCUT2D eigenvalue weighted by Gasteiger charge is -2.23. The number of para-hydroxylation sites is 1. The maximum Gasteiger partial charge on any atom is 0.221 e. The fourth-order valence-corrected chi connectivity index (χ4v) is 2.19. The molecule has 1 aromatic rings. The molecule has 3 N–H and O–H groups in total. The molecule has 112 valence electrons. The number of nitrogens with two attached hydrogens (primary N) is 1. The van der Waals surface area contributed by atoms with Gasteiger partial charge in [0.05, 0.1) is 12.6 Å². The van der Waals surface area contributed by atoms with Crippen molar-refractivity contribution in [1.82, 2.24) is 5.32 Å². The summed E-state index contributed by atoms with van der Waals surface area (Å²) in [5.74, 6) is 1.31. The first-order valence-corrected chi connectivity index (χ1v) is 7.29. The largest absolute Gasteiger partial charge is 0.494 e. The van der Waals surface area contributed by atoms with Crippen molar-refractivity contribution in [1.29, 1.82) is 0 Å². The number of rotatable bonds is 8. The van der Waals surface area contributed by atoms with Crippen LogP contribution in [0.25, 0.3) is 0 Å². The van der Waals surface area contributed by atoms with Gasteiger partial charge in [0, 0.05) is 18.5 Å². The van der Waals surface area contributed by atoms with E-state index in [9.17, 15) is 4.79 Å². The van der Waals surface area contributed by atoms with E-state index in [-0.39, 0.29) is 11.9 Å². The van der Waals surface area contributed by atoms with Gasteiger partial charge in [-0.05, 0) is 25.3 Å². The van der Waals surface area contributed by atoms with Crippen molar-refractivity contribution in [2.45, 2.75) is 39.7 Å². The van der Waals surface area contributed by atoms with Crippen molar-refractivity contribution in [3.8, 4) is 5.75 Å². The van der Waals surface area contributed by atoms with Crippen LogP contribution >= 0.6 is 0 Å². The molecular formula is C16H26N2O2. The number of amides is 1. The third-order valence-corrected chi connectivity index (χ3v) is 3.01. The predicted molar refractivity (Wildman–Crippen MR) is 81.6 cm³/mol. The normalized spacial score (nSPS) is 12.2. The van der Waals surface area contributed by atoms with E-state index in [1.165, 1.54) is 0 Å². The molecule has 0 aliphatic carbocycles. The Labute approximate surface area is 121 Å². The van der Waals surface area contributed by atoms with Crippen LogP contribution in [0.15, 0.2) is 24.3 Å². The van der Waals surface area contributed by atoms with E-state index < -0.39 is 0 Å². The van der Waals surface area contributed by atoms with Gasteiger partial charge in [-0.15, -0.1) is 0 Å². The van der Waals surface area contributed by atoms with E-state index in [2.05, 4.69) is 19.2 Å². The molecule has 1 amide bonds. The Kier molecular flexibility index (Phi) is 7.09. The highest BCUT2D eigenvalue weighted by Gasteiger charge is 2.19. The lowest BCUT2D eigenvalue weighted by Crippen LogP contribution is -2.31. The molecule has 1 rings (SSSR count). The number of hydrogen-bond acceptors (Lipinski definition) is 3. The van der Waals surface area contributed by atoms with E-state index in [0.29, 0.717) is 25.5 Å². The zero-order valence-electron chi connectivity index (χ0n) is 12.7. The quantitative estimate of drug-likeness (QED) is 0.768. The van der Waals surface area contributed by atoms with Gasteiger partial charge in [-0.3, -0.25) is 4.79 Å². The maximum atomic E-state index is 11.8. The molecule has 0 spiro atoms. The fourth-order valence-electron chi connectivity index (χ4n) is 2.19. The fraction of sp³-hybridized carbons (Fsp3) is 0.562.